The summed E-state index contributed by atoms with van der Waals surface area (Å²) in [6, 6.07) is 6.56. The summed E-state index contributed by atoms with van der Waals surface area (Å²) in [5, 5.41) is 1.21. The van der Waals surface area contributed by atoms with Crippen molar-refractivity contribution in [3.05, 3.63) is 34.9 Å². The summed E-state index contributed by atoms with van der Waals surface area (Å²) in [7, 11) is 0. The molecule has 1 aromatic carbocycles. The molecule has 114 valence electrons. The number of nitrogens with zero attached hydrogens (tertiary/aromatic N) is 1. The highest BCUT2D eigenvalue weighted by atomic mass is 35.5. The Balaban J connectivity index is 1.57. The number of rotatable bonds is 2. The van der Waals surface area contributed by atoms with Gasteiger partial charge in [-0.05, 0) is 43.2 Å². The molecule has 0 spiro atoms. The Labute approximate surface area is 132 Å². The van der Waals surface area contributed by atoms with Crippen molar-refractivity contribution >= 4 is 29.3 Å². The van der Waals surface area contributed by atoms with Crippen LogP contribution in [0.5, 0.6) is 0 Å². The fourth-order valence-electron chi connectivity index (χ4n) is 4.33. The molecule has 2 bridgehead atoms. The number of hydrogen-bond acceptors (Lipinski definition) is 3. The number of carbonyl (C=O) groups is 3. The first-order valence-corrected chi connectivity index (χ1v) is 7.89. The second-order valence-electron chi connectivity index (χ2n) is 6.32. The smallest absolute Gasteiger partial charge is 0.271 e. The molecule has 4 rings (SSSR count). The number of hydrogen-bond donors (Lipinski definition) is 1. The van der Waals surface area contributed by atoms with E-state index in [1.807, 2.05) is 0 Å². The molecule has 3 fully saturated rings. The Kier molecular flexibility index (Phi) is 3.01. The van der Waals surface area contributed by atoms with Gasteiger partial charge in [0.1, 0.15) is 0 Å². The number of benzene rings is 1. The average Bonchev–Trinajstić information content (AvgIpc) is 3.17. The summed E-state index contributed by atoms with van der Waals surface area (Å²) in [6.07, 6.45) is 2.99. The van der Waals surface area contributed by atoms with Gasteiger partial charge in [0.25, 0.3) is 17.7 Å². The molecule has 0 unspecified atom stereocenters. The SMILES string of the molecule is O=C(NN1C(=O)[C@@H]2[C@@H]3CC[C@H](C3)[C@@H]2C1=O)c1ccccc1Cl. The van der Waals surface area contributed by atoms with E-state index in [-0.39, 0.29) is 29.2 Å². The molecule has 1 saturated heterocycles. The Bertz CT molecular complexity index is 662. The quantitative estimate of drug-likeness (QED) is 0.848. The lowest BCUT2D eigenvalue weighted by Gasteiger charge is -2.19. The molecule has 22 heavy (non-hydrogen) atoms. The Morgan fingerprint density at radius 2 is 1.68 bits per heavy atom. The average molecular weight is 319 g/mol. The fraction of sp³-hybridized carbons (Fsp3) is 0.438. The number of fused-ring (bicyclic) bond motifs is 5. The second kappa shape index (κ2) is 4.81. The first-order valence-electron chi connectivity index (χ1n) is 7.51. The molecule has 2 aliphatic carbocycles. The molecule has 6 heteroatoms. The second-order valence-corrected chi connectivity index (χ2v) is 6.72. The van der Waals surface area contributed by atoms with Crippen LogP contribution in [-0.4, -0.2) is 22.7 Å². The maximum atomic E-state index is 12.5. The third-order valence-corrected chi connectivity index (χ3v) is 5.59. The van der Waals surface area contributed by atoms with Gasteiger partial charge < -0.3 is 0 Å². The molecule has 4 atom stereocenters. The minimum atomic E-state index is -0.528. The third-order valence-electron chi connectivity index (χ3n) is 5.26. The van der Waals surface area contributed by atoms with Crippen molar-refractivity contribution in [2.75, 3.05) is 0 Å². The lowest BCUT2D eigenvalue weighted by Crippen LogP contribution is -2.47. The van der Waals surface area contributed by atoms with Crippen molar-refractivity contribution in [1.82, 2.24) is 10.4 Å². The number of carbonyl (C=O) groups excluding carboxylic acids is 3. The van der Waals surface area contributed by atoms with Gasteiger partial charge in [-0.3, -0.25) is 19.8 Å². The van der Waals surface area contributed by atoms with Crippen LogP contribution < -0.4 is 5.43 Å². The minimum absolute atomic E-state index is 0.238. The molecule has 2 saturated carbocycles. The number of imide groups is 1. The highest BCUT2D eigenvalue weighted by molar-refractivity contribution is 6.33. The van der Waals surface area contributed by atoms with E-state index in [1.165, 1.54) is 0 Å². The van der Waals surface area contributed by atoms with E-state index >= 15 is 0 Å². The first-order chi connectivity index (χ1) is 10.6. The zero-order chi connectivity index (χ0) is 15.4. The molecular formula is C16H15ClN2O3. The van der Waals surface area contributed by atoms with Crippen molar-refractivity contribution in [3.8, 4) is 0 Å². The molecular weight excluding hydrogens is 304 g/mol. The van der Waals surface area contributed by atoms with Crippen LogP contribution in [0.25, 0.3) is 0 Å². The van der Waals surface area contributed by atoms with E-state index in [9.17, 15) is 14.4 Å². The van der Waals surface area contributed by atoms with Crippen molar-refractivity contribution in [2.24, 2.45) is 23.7 Å². The van der Waals surface area contributed by atoms with E-state index < -0.39 is 5.91 Å². The van der Waals surface area contributed by atoms with Crippen LogP contribution in [0.3, 0.4) is 0 Å². The van der Waals surface area contributed by atoms with E-state index in [2.05, 4.69) is 5.43 Å². The topological polar surface area (TPSA) is 66.5 Å². The summed E-state index contributed by atoms with van der Waals surface area (Å²) >= 11 is 5.98. The summed E-state index contributed by atoms with van der Waals surface area (Å²) in [4.78, 5) is 37.3. The maximum absolute atomic E-state index is 12.5. The van der Waals surface area contributed by atoms with E-state index in [1.54, 1.807) is 24.3 Å². The number of nitrogens with one attached hydrogen (secondary N) is 1. The highest BCUT2D eigenvalue weighted by Gasteiger charge is 2.61. The molecule has 3 aliphatic rings. The lowest BCUT2D eigenvalue weighted by molar-refractivity contribution is -0.143. The number of hydrazine groups is 1. The zero-order valence-corrected chi connectivity index (χ0v) is 12.5. The van der Waals surface area contributed by atoms with Gasteiger partial charge in [-0.25, -0.2) is 0 Å². The van der Waals surface area contributed by atoms with Crippen LogP contribution in [-0.2, 0) is 9.59 Å². The van der Waals surface area contributed by atoms with Crippen molar-refractivity contribution in [1.29, 1.82) is 0 Å². The predicted molar refractivity (Wildman–Crippen MR) is 78.6 cm³/mol. The minimum Gasteiger partial charge on any atom is -0.272 e. The molecule has 1 heterocycles. The Hall–Kier alpha value is -1.88. The number of amides is 3. The largest absolute Gasteiger partial charge is 0.272 e. The molecule has 1 aliphatic heterocycles. The van der Waals surface area contributed by atoms with Crippen molar-refractivity contribution in [2.45, 2.75) is 19.3 Å². The van der Waals surface area contributed by atoms with Crippen LogP contribution in [0.1, 0.15) is 29.6 Å². The summed E-state index contributed by atoms with van der Waals surface area (Å²) in [6.45, 7) is 0. The Morgan fingerprint density at radius 3 is 2.27 bits per heavy atom. The van der Waals surface area contributed by atoms with E-state index in [4.69, 9.17) is 11.6 Å². The van der Waals surface area contributed by atoms with Crippen LogP contribution in [0.15, 0.2) is 24.3 Å². The van der Waals surface area contributed by atoms with Crippen molar-refractivity contribution in [3.63, 3.8) is 0 Å². The summed E-state index contributed by atoms with van der Waals surface area (Å²) in [5.74, 6) is -0.928. The third kappa shape index (κ3) is 1.81. The lowest BCUT2D eigenvalue weighted by atomic mass is 9.81. The van der Waals surface area contributed by atoms with Gasteiger partial charge in [0.15, 0.2) is 0 Å². The molecule has 0 aromatic heterocycles. The zero-order valence-electron chi connectivity index (χ0n) is 11.8. The van der Waals surface area contributed by atoms with Gasteiger partial charge in [0.2, 0.25) is 0 Å². The monoisotopic (exact) mass is 318 g/mol. The first kappa shape index (κ1) is 13.8. The van der Waals surface area contributed by atoms with Gasteiger partial charge >= 0.3 is 0 Å². The molecule has 1 aromatic rings. The van der Waals surface area contributed by atoms with Gasteiger partial charge in [0, 0.05) is 0 Å². The van der Waals surface area contributed by atoms with Crippen LogP contribution in [0.2, 0.25) is 5.02 Å². The predicted octanol–water partition coefficient (Wildman–Crippen LogP) is 2.02. The van der Waals surface area contributed by atoms with Crippen LogP contribution in [0.4, 0.5) is 0 Å². The molecule has 5 nitrogen and oxygen atoms in total. The van der Waals surface area contributed by atoms with Gasteiger partial charge in [-0.2, -0.15) is 5.01 Å². The van der Waals surface area contributed by atoms with Crippen LogP contribution in [0, 0.1) is 23.7 Å². The van der Waals surface area contributed by atoms with Gasteiger partial charge in [0.05, 0.1) is 22.4 Å². The van der Waals surface area contributed by atoms with Gasteiger partial charge in [-0.15, -0.1) is 0 Å². The van der Waals surface area contributed by atoms with Crippen molar-refractivity contribution < 1.29 is 14.4 Å². The molecule has 3 amide bonds. The van der Waals surface area contributed by atoms with E-state index in [0.29, 0.717) is 16.9 Å². The normalized spacial score (nSPS) is 32.5. The van der Waals surface area contributed by atoms with Crippen LogP contribution >= 0.6 is 11.6 Å². The summed E-state index contributed by atoms with van der Waals surface area (Å²) < 4.78 is 0. The molecule has 0 radical (unpaired) electrons. The standard InChI is InChI=1S/C16H15ClN2O3/c17-11-4-2-1-3-10(11)14(20)18-19-15(21)12-8-5-6-9(7-8)13(12)16(19)22/h1-4,8-9,12-13H,5-7H2,(H,18,20)/t8-,9-,12-,13+/m1/s1. The van der Waals surface area contributed by atoms with E-state index in [0.717, 1.165) is 24.3 Å². The Morgan fingerprint density at radius 1 is 1.09 bits per heavy atom. The highest BCUT2D eigenvalue weighted by Crippen LogP contribution is 2.55. The van der Waals surface area contributed by atoms with Gasteiger partial charge in [-0.1, -0.05) is 23.7 Å². The fourth-order valence-corrected chi connectivity index (χ4v) is 4.55. The molecule has 1 N–H and O–H groups in total. The number of halogens is 1. The maximum Gasteiger partial charge on any atom is 0.271 e. The summed E-state index contributed by atoms with van der Waals surface area (Å²) in [5.41, 5.74) is 2.70.